The van der Waals surface area contributed by atoms with Gasteiger partial charge in [0, 0.05) is 5.02 Å². The first-order valence-electron chi connectivity index (χ1n) is 6.55. The van der Waals surface area contributed by atoms with Crippen molar-refractivity contribution in [3.05, 3.63) is 64.4 Å². The molecule has 0 aliphatic carbocycles. The molecule has 4 heteroatoms. The summed E-state index contributed by atoms with van der Waals surface area (Å²) in [7, 11) is 0. The standard InChI is InChI=1S/C16H17ClFNO/c17-14-5-8-16(13(10-14)2-1-9-19)20-11-12-3-6-15(18)7-4-12/h3-8,10H,1-2,9,11,19H2. The van der Waals surface area contributed by atoms with E-state index in [1.54, 1.807) is 18.2 Å². The van der Waals surface area contributed by atoms with Crippen LogP contribution in [0.25, 0.3) is 0 Å². The Kier molecular flexibility index (Phi) is 5.39. The summed E-state index contributed by atoms with van der Waals surface area (Å²) in [6.45, 7) is 1.03. The van der Waals surface area contributed by atoms with Gasteiger partial charge in [0.2, 0.25) is 0 Å². The fraction of sp³-hybridized carbons (Fsp3) is 0.250. The largest absolute Gasteiger partial charge is 0.489 e. The summed E-state index contributed by atoms with van der Waals surface area (Å²) in [4.78, 5) is 0. The fourth-order valence-electron chi connectivity index (χ4n) is 1.92. The van der Waals surface area contributed by atoms with E-state index in [0.29, 0.717) is 18.2 Å². The Morgan fingerprint density at radius 3 is 2.55 bits per heavy atom. The van der Waals surface area contributed by atoms with E-state index < -0.39 is 0 Å². The number of nitrogens with two attached hydrogens (primary N) is 1. The van der Waals surface area contributed by atoms with Crippen molar-refractivity contribution in [1.29, 1.82) is 0 Å². The maximum Gasteiger partial charge on any atom is 0.123 e. The summed E-state index contributed by atoms with van der Waals surface area (Å²) >= 11 is 6.00. The van der Waals surface area contributed by atoms with E-state index in [4.69, 9.17) is 22.1 Å². The monoisotopic (exact) mass is 293 g/mol. The highest BCUT2D eigenvalue weighted by atomic mass is 35.5. The first-order chi connectivity index (χ1) is 9.69. The SMILES string of the molecule is NCCCc1cc(Cl)ccc1OCc1ccc(F)cc1. The van der Waals surface area contributed by atoms with Gasteiger partial charge in [-0.2, -0.15) is 0 Å². The highest BCUT2D eigenvalue weighted by molar-refractivity contribution is 6.30. The van der Waals surface area contributed by atoms with E-state index in [1.807, 2.05) is 12.1 Å². The Bertz CT molecular complexity index is 557. The van der Waals surface area contributed by atoms with Crippen LogP contribution in [0.5, 0.6) is 5.75 Å². The van der Waals surface area contributed by atoms with Gasteiger partial charge < -0.3 is 10.5 Å². The molecule has 2 N–H and O–H groups in total. The second kappa shape index (κ2) is 7.27. The van der Waals surface area contributed by atoms with E-state index >= 15 is 0 Å². The third-order valence-electron chi connectivity index (χ3n) is 2.98. The van der Waals surface area contributed by atoms with Crippen LogP contribution in [0.2, 0.25) is 5.02 Å². The van der Waals surface area contributed by atoms with E-state index in [-0.39, 0.29) is 5.82 Å². The van der Waals surface area contributed by atoms with Gasteiger partial charge in [-0.1, -0.05) is 23.7 Å². The number of halogens is 2. The van der Waals surface area contributed by atoms with Crippen LogP contribution in [0, 0.1) is 5.82 Å². The van der Waals surface area contributed by atoms with Crippen molar-refractivity contribution in [2.45, 2.75) is 19.4 Å². The van der Waals surface area contributed by atoms with Crippen molar-refractivity contribution >= 4 is 11.6 Å². The molecular formula is C16H17ClFNO. The summed E-state index contributed by atoms with van der Waals surface area (Å²) in [6, 6.07) is 11.8. The summed E-state index contributed by atoms with van der Waals surface area (Å²) < 4.78 is 18.6. The molecule has 0 atom stereocenters. The Morgan fingerprint density at radius 1 is 1.10 bits per heavy atom. The van der Waals surface area contributed by atoms with Gasteiger partial charge >= 0.3 is 0 Å². The first-order valence-corrected chi connectivity index (χ1v) is 6.92. The lowest BCUT2D eigenvalue weighted by atomic mass is 10.1. The predicted octanol–water partition coefficient (Wildman–Crippen LogP) is 3.95. The number of ether oxygens (including phenoxy) is 1. The normalized spacial score (nSPS) is 10.6. The molecule has 2 aromatic rings. The van der Waals surface area contributed by atoms with Crippen LogP contribution in [0.15, 0.2) is 42.5 Å². The molecule has 0 radical (unpaired) electrons. The average molecular weight is 294 g/mol. The van der Waals surface area contributed by atoms with Crippen LogP contribution in [0.1, 0.15) is 17.5 Å². The van der Waals surface area contributed by atoms with Gasteiger partial charge in [0.1, 0.15) is 18.2 Å². The van der Waals surface area contributed by atoms with Crippen LogP contribution < -0.4 is 10.5 Å². The Hall–Kier alpha value is -1.58. The quantitative estimate of drug-likeness (QED) is 0.875. The molecule has 0 unspecified atom stereocenters. The first kappa shape index (κ1) is 14.8. The molecule has 2 aromatic carbocycles. The number of hydrogen-bond donors (Lipinski definition) is 1. The van der Waals surface area contributed by atoms with E-state index in [9.17, 15) is 4.39 Å². The lowest BCUT2D eigenvalue weighted by Gasteiger charge is -2.12. The molecule has 0 aromatic heterocycles. The van der Waals surface area contributed by atoms with Gasteiger partial charge in [-0.05, 0) is 60.8 Å². The van der Waals surface area contributed by atoms with Crippen molar-refractivity contribution in [2.24, 2.45) is 5.73 Å². The van der Waals surface area contributed by atoms with Crippen LogP contribution in [-0.2, 0) is 13.0 Å². The van der Waals surface area contributed by atoms with Gasteiger partial charge in [-0.3, -0.25) is 0 Å². The molecule has 0 amide bonds. The average Bonchev–Trinajstić information content (AvgIpc) is 2.46. The van der Waals surface area contributed by atoms with Crippen LogP contribution in [0.3, 0.4) is 0 Å². The zero-order valence-electron chi connectivity index (χ0n) is 11.1. The lowest BCUT2D eigenvalue weighted by Crippen LogP contribution is -2.03. The molecule has 2 nitrogen and oxygen atoms in total. The van der Waals surface area contributed by atoms with Crippen molar-refractivity contribution in [2.75, 3.05) is 6.54 Å². The number of rotatable bonds is 6. The molecule has 0 aliphatic rings. The zero-order valence-corrected chi connectivity index (χ0v) is 11.9. The van der Waals surface area contributed by atoms with Gasteiger partial charge in [-0.25, -0.2) is 4.39 Å². The number of hydrogen-bond acceptors (Lipinski definition) is 2. The van der Waals surface area contributed by atoms with Crippen LogP contribution in [-0.4, -0.2) is 6.54 Å². The molecule has 20 heavy (non-hydrogen) atoms. The Labute approximate surface area is 123 Å². The second-order valence-corrected chi connectivity index (χ2v) is 5.00. The van der Waals surface area contributed by atoms with E-state index in [2.05, 4.69) is 0 Å². The van der Waals surface area contributed by atoms with Crippen molar-refractivity contribution in [1.82, 2.24) is 0 Å². The summed E-state index contributed by atoms with van der Waals surface area (Å²) in [5.41, 5.74) is 7.50. The van der Waals surface area contributed by atoms with Crippen LogP contribution in [0.4, 0.5) is 4.39 Å². The van der Waals surface area contributed by atoms with Crippen molar-refractivity contribution < 1.29 is 9.13 Å². The minimum absolute atomic E-state index is 0.246. The van der Waals surface area contributed by atoms with E-state index in [1.165, 1.54) is 12.1 Å². The zero-order chi connectivity index (χ0) is 14.4. The van der Waals surface area contributed by atoms with E-state index in [0.717, 1.165) is 29.7 Å². The van der Waals surface area contributed by atoms with Gasteiger partial charge in [-0.15, -0.1) is 0 Å². The molecule has 0 saturated carbocycles. The topological polar surface area (TPSA) is 35.2 Å². The maximum absolute atomic E-state index is 12.8. The number of benzene rings is 2. The van der Waals surface area contributed by atoms with Crippen molar-refractivity contribution in [3.8, 4) is 5.75 Å². The molecule has 2 rings (SSSR count). The summed E-state index contributed by atoms with van der Waals surface area (Å²) in [5, 5.41) is 0.686. The third-order valence-corrected chi connectivity index (χ3v) is 3.22. The summed E-state index contributed by atoms with van der Waals surface area (Å²) in [5.74, 6) is 0.552. The van der Waals surface area contributed by atoms with Gasteiger partial charge in [0.05, 0.1) is 0 Å². The second-order valence-electron chi connectivity index (χ2n) is 4.56. The molecule has 0 bridgehead atoms. The minimum atomic E-state index is -0.246. The van der Waals surface area contributed by atoms with Crippen LogP contribution >= 0.6 is 11.6 Å². The predicted molar refractivity (Wildman–Crippen MR) is 79.6 cm³/mol. The molecule has 0 spiro atoms. The molecular weight excluding hydrogens is 277 g/mol. The summed E-state index contributed by atoms with van der Waals surface area (Å²) in [6.07, 6.45) is 1.71. The highest BCUT2D eigenvalue weighted by Gasteiger charge is 2.05. The van der Waals surface area contributed by atoms with Gasteiger partial charge in [0.25, 0.3) is 0 Å². The minimum Gasteiger partial charge on any atom is -0.489 e. The van der Waals surface area contributed by atoms with Crippen molar-refractivity contribution in [3.63, 3.8) is 0 Å². The fourth-order valence-corrected chi connectivity index (χ4v) is 2.11. The smallest absolute Gasteiger partial charge is 0.123 e. The highest BCUT2D eigenvalue weighted by Crippen LogP contribution is 2.25. The molecule has 0 heterocycles. The molecule has 0 saturated heterocycles. The number of aryl methyl sites for hydroxylation is 1. The maximum atomic E-state index is 12.8. The molecule has 106 valence electrons. The Balaban J connectivity index is 2.06. The molecule has 0 aliphatic heterocycles. The lowest BCUT2D eigenvalue weighted by molar-refractivity contribution is 0.302. The van der Waals surface area contributed by atoms with Gasteiger partial charge in [0.15, 0.2) is 0 Å². The molecule has 0 fully saturated rings. The third kappa shape index (κ3) is 4.22. The Morgan fingerprint density at radius 2 is 1.85 bits per heavy atom.